The smallest absolute Gasteiger partial charge is 0.416 e. The molecule has 0 amide bonds. The fourth-order valence-electron chi connectivity index (χ4n) is 4.52. The predicted octanol–water partition coefficient (Wildman–Crippen LogP) is 5.49. The summed E-state index contributed by atoms with van der Waals surface area (Å²) in [4.78, 5) is 7.36. The van der Waals surface area contributed by atoms with Gasteiger partial charge in [-0.3, -0.25) is 4.90 Å². The number of pyridine rings is 1. The summed E-state index contributed by atoms with van der Waals surface area (Å²) >= 11 is 0. The van der Waals surface area contributed by atoms with E-state index in [9.17, 15) is 13.2 Å². The number of imidazole rings is 1. The maximum Gasteiger partial charge on any atom is 0.416 e. The Morgan fingerprint density at radius 2 is 1.60 bits per heavy atom. The maximum atomic E-state index is 13.0. The first-order valence-electron chi connectivity index (χ1n) is 11.7. The van der Waals surface area contributed by atoms with E-state index in [1.807, 2.05) is 42.6 Å². The number of methoxy groups -OCH3 is 1. The van der Waals surface area contributed by atoms with Crippen LogP contribution >= 0.6 is 0 Å². The summed E-state index contributed by atoms with van der Waals surface area (Å²) < 4.78 is 46.4. The van der Waals surface area contributed by atoms with E-state index in [2.05, 4.69) is 14.6 Å². The van der Waals surface area contributed by atoms with Gasteiger partial charge in [0.15, 0.2) is 0 Å². The number of aromatic nitrogens is 2. The maximum absolute atomic E-state index is 13.0. The highest BCUT2D eigenvalue weighted by atomic mass is 19.4. The monoisotopic (exact) mass is 480 g/mol. The van der Waals surface area contributed by atoms with Crippen molar-refractivity contribution in [3.05, 3.63) is 78.1 Å². The van der Waals surface area contributed by atoms with E-state index in [-0.39, 0.29) is 0 Å². The third-order valence-electron chi connectivity index (χ3n) is 6.43. The number of nitrogens with zero attached hydrogens (tertiary/aromatic N) is 3. The summed E-state index contributed by atoms with van der Waals surface area (Å²) in [5, 5.41) is 3.44. The van der Waals surface area contributed by atoms with Crippen LogP contribution in [0.3, 0.4) is 0 Å². The average molecular weight is 481 g/mol. The quantitative estimate of drug-likeness (QED) is 0.410. The van der Waals surface area contributed by atoms with Crippen molar-refractivity contribution in [3.63, 3.8) is 0 Å². The molecule has 5 rings (SSSR count). The van der Waals surface area contributed by atoms with E-state index in [1.54, 1.807) is 7.11 Å². The van der Waals surface area contributed by atoms with E-state index in [0.29, 0.717) is 0 Å². The van der Waals surface area contributed by atoms with Gasteiger partial charge in [0.25, 0.3) is 0 Å². The molecule has 35 heavy (non-hydrogen) atoms. The van der Waals surface area contributed by atoms with Gasteiger partial charge < -0.3 is 14.5 Å². The number of nitrogens with one attached hydrogen (secondary N) is 1. The minimum atomic E-state index is -4.35. The third-order valence-corrected chi connectivity index (χ3v) is 6.43. The zero-order valence-corrected chi connectivity index (χ0v) is 19.5. The molecule has 182 valence electrons. The minimum Gasteiger partial charge on any atom is -0.497 e. The number of alkyl halides is 3. The van der Waals surface area contributed by atoms with Crippen LogP contribution in [0.2, 0.25) is 0 Å². The molecule has 1 saturated heterocycles. The summed E-state index contributed by atoms with van der Waals surface area (Å²) in [7, 11) is 1.64. The molecule has 0 saturated carbocycles. The first kappa shape index (κ1) is 23.4. The number of fused-ring (bicyclic) bond motifs is 1. The van der Waals surface area contributed by atoms with Gasteiger partial charge in [-0.15, -0.1) is 0 Å². The molecule has 4 aromatic rings. The third kappa shape index (κ3) is 5.04. The van der Waals surface area contributed by atoms with E-state index >= 15 is 0 Å². The summed E-state index contributed by atoms with van der Waals surface area (Å²) in [6, 6.07) is 17.0. The number of hydrogen-bond donors (Lipinski definition) is 1. The van der Waals surface area contributed by atoms with Gasteiger partial charge in [-0.1, -0.05) is 12.1 Å². The molecular weight excluding hydrogens is 453 g/mol. The van der Waals surface area contributed by atoms with Crippen LogP contribution in [0, 0.1) is 0 Å². The fraction of sp³-hybridized carbons (Fsp3) is 0.296. The van der Waals surface area contributed by atoms with Crippen molar-refractivity contribution < 1.29 is 17.9 Å². The van der Waals surface area contributed by atoms with Crippen LogP contribution in [0.4, 0.5) is 13.2 Å². The van der Waals surface area contributed by atoms with Gasteiger partial charge in [0.2, 0.25) is 0 Å². The van der Waals surface area contributed by atoms with Crippen molar-refractivity contribution >= 4 is 5.65 Å². The largest absolute Gasteiger partial charge is 0.497 e. The molecule has 1 fully saturated rings. The lowest BCUT2D eigenvalue weighted by Gasteiger charge is -2.20. The van der Waals surface area contributed by atoms with E-state index in [0.717, 1.165) is 90.8 Å². The van der Waals surface area contributed by atoms with Crippen LogP contribution in [0.5, 0.6) is 5.75 Å². The number of ether oxygens (including phenoxy) is 1. The molecule has 1 aliphatic rings. The SMILES string of the molecule is COc1ccc(-c2nc3ccc(-c4ccc(C(F)(F)F)cc4)cn3c2CN2CCCNCC2)cc1. The topological polar surface area (TPSA) is 41.8 Å². The van der Waals surface area contributed by atoms with Gasteiger partial charge in [-0.05, 0) is 79.2 Å². The molecule has 0 atom stereocenters. The molecule has 3 heterocycles. The van der Waals surface area contributed by atoms with Crippen molar-refractivity contribution in [3.8, 4) is 28.1 Å². The summed E-state index contributed by atoms with van der Waals surface area (Å²) in [5.74, 6) is 0.780. The average Bonchev–Trinajstić information content (AvgIpc) is 3.02. The zero-order valence-electron chi connectivity index (χ0n) is 19.5. The molecule has 5 nitrogen and oxygen atoms in total. The summed E-state index contributed by atoms with van der Waals surface area (Å²) in [5.41, 5.74) is 4.66. The molecule has 1 N–H and O–H groups in total. The standard InChI is InChI=1S/C27H27F3N4O/c1-35-23-10-5-20(6-11-23)26-24(18-33-15-2-13-31-14-16-33)34-17-21(7-12-25(34)32-26)19-3-8-22(9-4-19)27(28,29)30/h3-12,17,31H,2,13-16,18H2,1H3. The highest BCUT2D eigenvalue weighted by molar-refractivity contribution is 5.70. The Hall–Kier alpha value is -3.36. The first-order chi connectivity index (χ1) is 16.9. The van der Waals surface area contributed by atoms with Gasteiger partial charge in [0.05, 0.1) is 24.1 Å². The first-order valence-corrected chi connectivity index (χ1v) is 11.7. The van der Waals surface area contributed by atoms with Crippen molar-refractivity contribution in [1.82, 2.24) is 19.6 Å². The molecule has 2 aromatic heterocycles. The second kappa shape index (κ2) is 9.71. The van der Waals surface area contributed by atoms with Crippen molar-refractivity contribution in [2.75, 3.05) is 33.3 Å². The van der Waals surface area contributed by atoms with Crippen molar-refractivity contribution in [1.29, 1.82) is 0 Å². The van der Waals surface area contributed by atoms with Gasteiger partial charge in [-0.2, -0.15) is 13.2 Å². The van der Waals surface area contributed by atoms with Crippen LogP contribution in [0.1, 0.15) is 17.7 Å². The Morgan fingerprint density at radius 3 is 2.31 bits per heavy atom. The molecule has 0 spiro atoms. The number of rotatable bonds is 5. The Labute approximate surface area is 202 Å². The molecule has 1 aliphatic heterocycles. The van der Waals surface area contributed by atoms with Crippen LogP contribution in [-0.2, 0) is 12.7 Å². The van der Waals surface area contributed by atoms with Gasteiger partial charge in [0, 0.05) is 31.4 Å². The lowest BCUT2D eigenvalue weighted by Crippen LogP contribution is -2.28. The van der Waals surface area contributed by atoms with E-state index in [1.165, 1.54) is 12.1 Å². The van der Waals surface area contributed by atoms with Gasteiger partial charge in [-0.25, -0.2) is 4.98 Å². The zero-order chi connectivity index (χ0) is 24.4. The van der Waals surface area contributed by atoms with Crippen LogP contribution in [-0.4, -0.2) is 47.6 Å². The van der Waals surface area contributed by atoms with E-state index < -0.39 is 11.7 Å². The summed E-state index contributed by atoms with van der Waals surface area (Å²) in [6.45, 7) is 4.59. The number of halogens is 3. The molecular formula is C27H27F3N4O. The highest BCUT2D eigenvalue weighted by Gasteiger charge is 2.30. The highest BCUT2D eigenvalue weighted by Crippen LogP contribution is 2.32. The molecule has 0 aliphatic carbocycles. The lowest BCUT2D eigenvalue weighted by molar-refractivity contribution is -0.137. The van der Waals surface area contributed by atoms with Crippen LogP contribution in [0.25, 0.3) is 28.0 Å². The Bertz CT molecular complexity index is 1290. The van der Waals surface area contributed by atoms with E-state index in [4.69, 9.17) is 9.72 Å². The Kier molecular flexibility index (Phi) is 6.49. The second-order valence-corrected chi connectivity index (χ2v) is 8.74. The van der Waals surface area contributed by atoms with Gasteiger partial charge >= 0.3 is 6.18 Å². The fourth-order valence-corrected chi connectivity index (χ4v) is 4.52. The molecule has 0 bridgehead atoms. The molecule has 2 aromatic carbocycles. The van der Waals surface area contributed by atoms with Gasteiger partial charge in [0.1, 0.15) is 11.4 Å². The molecule has 0 unspecified atom stereocenters. The number of benzene rings is 2. The second-order valence-electron chi connectivity index (χ2n) is 8.74. The summed E-state index contributed by atoms with van der Waals surface area (Å²) in [6.07, 6.45) is -1.30. The predicted molar refractivity (Wildman–Crippen MR) is 130 cm³/mol. The van der Waals surface area contributed by atoms with Crippen molar-refractivity contribution in [2.45, 2.75) is 19.1 Å². The number of hydrogen-bond acceptors (Lipinski definition) is 4. The minimum absolute atomic E-state index is 0.651. The Balaban J connectivity index is 1.58. The van der Waals surface area contributed by atoms with Crippen LogP contribution in [0.15, 0.2) is 66.9 Å². The van der Waals surface area contributed by atoms with Crippen molar-refractivity contribution in [2.24, 2.45) is 0 Å². The normalized spacial score (nSPS) is 15.3. The molecule has 8 heteroatoms. The lowest BCUT2D eigenvalue weighted by atomic mass is 10.1. The Morgan fingerprint density at radius 1 is 0.886 bits per heavy atom. The molecule has 0 radical (unpaired) electrons. The van der Waals surface area contributed by atoms with Crippen LogP contribution < -0.4 is 10.1 Å².